The summed E-state index contributed by atoms with van der Waals surface area (Å²) in [7, 11) is 0. The highest BCUT2D eigenvalue weighted by atomic mass is 14.7. The second-order valence-corrected chi connectivity index (χ2v) is 13.5. The van der Waals surface area contributed by atoms with Crippen LogP contribution in [0.25, 0.3) is 0 Å². The molecule has 4 aliphatic carbocycles. The first-order valence-electron chi connectivity index (χ1n) is 14.0. The van der Waals surface area contributed by atoms with E-state index >= 15 is 0 Å². The molecule has 0 N–H and O–H groups in total. The normalized spacial score (nSPS) is 44.3. The van der Waals surface area contributed by atoms with Gasteiger partial charge in [0, 0.05) is 0 Å². The number of fused-ring (bicyclic) bond motifs is 5. The maximum Gasteiger partial charge on any atom is 0.136 e. The summed E-state index contributed by atoms with van der Waals surface area (Å²) in [6.45, 7) is 12.6. The van der Waals surface area contributed by atoms with E-state index in [0.29, 0.717) is 16.7 Å². The highest BCUT2D eigenvalue weighted by Gasteiger charge is 2.60. The van der Waals surface area contributed by atoms with Crippen molar-refractivity contribution in [2.45, 2.75) is 112 Å². The van der Waals surface area contributed by atoms with Crippen molar-refractivity contribution in [2.24, 2.45) is 64.1 Å². The molecule has 0 aromatic rings. The molecule has 2 nitrogen and oxygen atoms in total. The van der Waals surface area contributed by atoms with Gasteiger partial charge in [0.2, 0.25) is 0 Å². The fourth-order valence-electron chi connectivity index (χ4n) is 9.86. The van der Waals surface area contributed by atoms with Crippen LogP contribution >= 0.6 is 0 Å². The lowest BCUT2D eigenvalue weighted by molar-refractivity contribution is -0.122. The quantitative estimate of drug-likeness (QED) is 0.419. The zero-order valence-electron chi connectivity index (χ0n) is 21.6. The van der Waals surface area contributed by atoms with E-state index in [4.69, 9.17) is 0 Å². The molecule has 4 rings (SSSR count). The van der Waals surface area contributed by atoms with Crippen LogP contribution in [0.15, 0.2) is 0 Å². The van der Waals surface area contributed by atoms with E-state index in [2.05, 4.69) is 46.8 Å². The Morgan fingerprint density at radius 2 is 1.50 bits per heavy atom. The molecule has 0 heterocycles. The van der Waals surface area contributed by atoms with Crippen molar-refractivity contribution in [1.29, 1.82) is 10.5 Å². The van der Waals surface area contributed by atoms with Crippen LogP contribution in [0.2, 0.25) is 0 Å². The molecule has 0 saturated heterocycles. The van der Waals surface area contributed by atoms with Crippen molar-refractivity contribution in [1.82, 2.24) is 0 Å². The van der Waals surface area contributed by atoms with Crippen LogP contribution in [0.5, 0.6) is 0 Å². The van der Waals surface area contributed by atoms with Crippen molar-refractivity contribution in [3.63, 3.8) is 0 Å². The van der Waals surface area contributed by atoms with Crippen molar-refractivity contribution < 1.29 is 0 Å². The molecule has 0 aromatic heterocycles. The van der Waals surface area contributed by atoms with Gasteiger partial charge in [0.05, 0.1) is 12.1 Å². The third kappa shape index (κ3) is 4.04. The lowest BCUT2D eigenvalue weighted by Crippen LogP contribution is -2.54. The van der Waals surface area contributed by atoms with E-state index in [1.807, 2.05) is 0 Å². The molecule has 0 unspecified atom stereocenters. The van der Waals surface area contributed by atoms with Gasteiger partial charge in [-0.25, -0.2) is 0 Å². The zero-order chi connectivity index (χ0) is 23.1. The Hall–Kier alpha value is -1.02. The van der Waals surface area contributed by atoms with Crippen LogP contribution in [0.4, 0.5) is 0 Å². The van der Waals surface area contributed by atoms with Gasteiger partial charge in [-0.1, -0.05) is 53.9 Å². The molecular weight excluding hydrogens is 388 g/mol. The summed E-state index contributed by atoms with van der Waals surface area (Å²) in [6.07, 6.45) is 16.3. The lowest BCUT2D eigenvalue weighted by Gasteiger charge is -2.61. The highest BCUT2D eigenvalue weighted by molar-refractivity contribution is 5.11. The van der Waals surface area contributed by atoms with Gasteiger partial charge in [-0.3, -0.25) is 0 Å². The van der Waals surface area contributed by atoms with E-state index in [1.165, 1.54) is 64.2 Å². The third-order valence-electron chi connectivity index (χ3n) is 11.7. The zero-order valence-corrected chi connectivity index (χ0v) is 21.6. The minimum absolute atomic E-state index is 0.316. The number of hydrogen-bond donors (Lipinski definition) is 0. The van der Waals surface area contributed by atoms with Gasteiger partial charge in [-0.15, -0.1) is 0 Å². The van der Waals surface area contributed by atoms with Gasteiger partial charge < -0.3 is 0 Å². The second kappa shape index (κ2) is 9.32. The predicted octanol–water partition coefficient (Wildman–Crippen LogP) is 8.39. The Kier molecular flexibility index (Phi) is 7.02. The fraction of sp³-hybridized carbons (Fsp3) is 0.933. The molecule has 0 bridgehead atoms. The first-order chi connectivity index (χ1) is 15.2. The van der Waals surface area contributed by atoms with Gasteiger partial charge in [0.15, 0.2) is 0 Å². The molecule has 0 amide bonds. The fourth-order valence-corrected chi connectivity index (χ4v) is 9.86. The Morgan fingerprint density at radius 1 is 0.812 bits per heavy atom. The first-order valence-corrected chi connectivity index (χ1v) is 14.0. The van der Waals surface area contributed by atoms with E-state index in [0.717, 1.165) is 54.3 Å². The molecule has 2 heteroatoms. The molecule has 0 aromatic carbocycles. The molecule has 0 radical (unpaired) electrons. The summed E-state index contributed by atoms with van der Waals surface area (Å²) in [5, 5.41) is 18.9. The molecule has 9 atom stereocenters. The van der Waals surface area contributed by atoms with E-state index in [-0.39, 0.29) is 5.92 Å². The topological polar surface area (TPSA) is 47.6 Å². The molecule has 0 aliphatic heterocycles. The predicted molar refractivity (Wildman–Crippen MR) is 131 cm³/mol. The summed E-state index contributed by atoms with van der Waals surface area (Å²) in [6, 6.07) is 4.59. The van der Waals surface area contributed by atoms with Crippen LogP contribution < -0.4 is 0 Å². The highest BCUT2D eigenvalue weighted by Crippen LogP contribution is 2.68. The van der Waals surface area contributed by atoms with Crippen LogP contribution in [-0.4, -0.2) is 0 Å². The van der Waals surface area contributed by atoms with E-state index < -0.39 is 0 Å². The minimum Gasteiger partial charge on any atom is -0.197 e. The summed E-state index contributed by atoms with van der Waals surface area (Å²) >= 11 is 0. The number of nitriles is 2. The molecule has 32 heavy (non-hydrogen) atoms. The van der Waals surface area contributed by atoms with Crippen molar-refractivity contribution in [2.75, 3.05) is 0 Å². The average molecular weight is 437 g/mol. The summed E-state index contributed by atoms with van der Waals surface area (Å²) in [4.78, 5) is 0. The molecular formula is C30H48N2. The van der Waals surface area contributed by atoms with Crippen molar-refractivity contribution in [3.05, 3.63) is 0 Å². The summed E-state index contributed by atoms with van der Waals surface area (Å²) < 4.78 is 0. The molecule has 0 spiro atoms. The largest absolute Gasteiger partial charge is 0.197 e. The van der Waals surface area contributed by atoms with Crippen LogP contribution in [-0.2, 0) is 0 Å². The van der Waals surface area contributed by atoms with Gasteiger partial charge in [0.1, 0.15) is 5.92 Å². The second-order valence-electron chi connectivity index (χ2n) is 13.5. The van der Waals surface area contributed by atoms with Crippen molar-refractivity contribution in [3.8, 4) is 12.1 Å². The number of nitrogens with zero attached hydrogens (tertiary/aromatic N) is 2. The minimum atomic E-state index is -0.389. The Bertz CT molecular complexity index is 729. The number of hydrogen-bond acceptors (Lipinski definition) is 2. The maximum atomic E-state index is 9.44. The van der Waals surface area contributed by atoms with Gasteiger partial charge in [-0.2, -0.15) is 10.5 Å². The van der Waals surface area contributed by atoms with Crippen LogP contribution in [0, 0.1) is 86.8 Å². The SMILES string of the molecule is CC(C)CCC[C@@H](C)[C@H]1CC[C@H]2[C@H]3CC[C@H]4C[C@@H](C(C#N)C#N)CC[C@]4(C)[C@@H]3CC[C@]12C. The lowest BCUT2D eigenvalue weighted by atomic mass is 9.43. The maximum absolute atomic E-state index is 9.44. The smallest absolute Gasteiger partial charge is 0.136 e. The molecule has 4 fully saturated rings. The molecule has 4 saturated carbocycles. The third-order valence-corrected chi connectivity index (χ3v) is 11.7. The van der Waals surface area contributed by atoms with Gasteiger partial charge in [-0.05, 0) is 116 Å². The summed E-state index contributed by atoms with van der Waals surface area (Å²) in [5.41, 5.74) is 1.03. The Labute approximate surface area is 198 Å². The Morgan fingerprint density at radius 3 is 2.19 bits per heavy atom. The average Bonchev–Trinajstić information content (AvgIpc) is 3.11. The molecule has 178 valence electrons. The van der Waals surface area contributed by atoms with E-state index in [1.54, 1.807) is 0 Å². The first kappa shape index (κ1) is 24.1. The molecule has 4 aliphatic rings. The van der Waals surface area contributed by atoms with Gasteiger partial charge >= 0.3 is 0 Å². The van der Waals surface area contributed by atoms with Gasteiger partial charge in [0.25, 0.3) is 0 Å². The van der Waals surface area contributed by atoms with Crippen LogP contribution in [0.1, 0.15) is 112 Å². The number of rotatable bonds is 6. The van der Waals surface area contributed by atoms with Crippen molar-refractivity contribution >= 4 is 0 Å². The standard InChI is InChI=1S/C30H48N2/c1-20(2)7-6-8-21(3)26-11-12-27-25-10-9-24-17-22(23(18-31)19-32)13-15-29(24,4)28(25)14-16-30(26,27)5/h20-28H,6-17H2,1-5H3/t21-,22+,24+,25-,26-,27+,28-,29+,30-/m1/s1. The summed E-state index contributed by atoms with van der Waals surface area (Å²) in [5.74, 6) is 6.09. The Balaban J connectivity index is 1.45. The van der Waals surface area contributed by atoms with E-state index in [9.17, 15) is 10.5 Å². The van der Waals surface area contributed by atoms with Crippen LogP contribution in [0.3, 0.4) is 0 Å². The monoisotopic (exact) mass is 436 g/mol.